The highest BCUT2D eigenvalue weighted by molar-refractivity contribution is 7.89. The van der Waals surface area contributed by atoms with E-state index in [4.69, 9.17) is 10.2 Å². The van der Waals surface area contributed by atoms with Crippen LogP contribution in [0.25, 0.3) is 0 Å². The van der Waals surface area contributed by atoms with E-state index in [0.717, 1.165) is 13.1 Å². The first kappa shape index (κ1) is 20.0. The molecule has 1 aromatic rings. The Hall–Kier alpha value is -2.01. The number of carboxylic acids is 1. The van der Waals surface area contributed by atoms with E-state index < -0.39 is 16.0 Å². The van der Waals surface area contributed by atoms with Crippen molar-refractivity contribution in [2.75, 3.05) is 26.2 Å². The number of carbonyl (C=O) groups is 2. The first-order valence-corrected chi connectivity index (χ1v) is 7.79. The standard InChI is InChI=1S/C6H7NO2S.C4H8N2O.C2H5NO2/c7-10(8,9)6-4-2-1-3-5-6;7-4-3-5-1-2-6-4;3-1-2(4)5/h1-5H,(H2,7,8,9);5H,1-3H2,(H,6,7);1,3H2,(H,4,5). The molecule has 1 aliphatic heterocycles. The van der Waals surface area contributed by atoms with Crippen molar-refractivity contribution in [1.82, 2.24) is 10.6 Å². The third kappa shape index (κ3) is 10.7. The van der Waals surface area contributed by atoms with Crippen molar-refractivity contribution in [2.24, 2.45) is 10.9 Å². The SMILES string of the molecule is NCC(=O)O.NS(=O)(=O)c1ccccc1.O=C1CNCCN1. The van der Waals surface area contributed by atoms with Crippen LogP contribution >= 0.6 is 0 Å². The number of benzene rings is 1. The first-order valence-electron chi connectivity index (χ1n) is 6.24. The van der Waals surface area contributed by atoms with Gasteiger partial charge in [-0.15, -0.1) is 0 Å². The highest BCUT2D eigenvalue weighted by atomic mass is 32.2. The number of aliphatic carboxylic acids is 1. The molecule has 1 aliphatic rings. The molecule has 0 bridgehead atoms. The first-order chi connectivity index (χ1) is 10.3. The van der Waals surface area contributed by atoms with Gasteiger partial charge in [0.25, 0.3) is 0 Å². The largest absolute Gasteiger partial charge is 0.480 e. The number of nitrogens with two attached hydrogens (primary N) is 2. The molecule has 22 heavy (non-hydrogen) atoms. The molecular formula is C12H20N4O5S. The van der Waals surface area contributed by atoms with Crippen LogP contribution in [0, 0.1) is 0 Å². The molecule has 0 spiro atoms. The minimum atomic E-state index is -3.50. The van der Waals surface area contributed by atoms with Crippen LogP contribution in [-0.4, -0.2) is 51.6 Å². The number of amides is 1. The molecule has 124 valence electrons. The summed E-state index contributed by atoms with van der Waals surface area (Å²) in [7, 11) is -3.50. The molecule has 1 amide bonds. The Morgan fingerprint density at radius 3 is 2.00 bits per heavy atom. The summed E-state index contributed by atoms with van der Waals surface area (Å²) in [6.45, 7) is 1.89. The summed E-state index contributed by atoms with van der Waals surface area (Å²) in [6, 6.07) is 7.89. The summed E-state index contributed by atoms with van der Waals surface area (Å²) in [6.07, 6.45) is 0. The Labute approximate surface area is 128 Å². The molecule has 0 saturated carbocycles. The summed E-state index contributed by atoms with van der Waals surface area (Å²) in [5.74, 6) is -0.865. The minimum Gasteiger partial charge on any atom is -0.480 e. The van der Waals surface area contributed by atoms with Gasteiger partial charge in [-0.2, -0.15) is 0 Å². The summed E-state index contributed by atoms with van der Waals surface area (Å²) in [4.78, 5) is 19.7. The van der Waals surface area contributed by atoms with Crippen molar-refractivity contribution >= 4 is 21.9 Å². The Morgan fingerprint density at radius 1 is 1.23 bits per heavy atom. The van der Waals surface area contributed by atoms with Gasteiger partial charge >= 0.3 is 5.97 Å². The van der Waals surface area contributed by atoms with Gasteiger partial charge in [-0.3, -0.25) is 9.59 Å². The fraction of sp³-hybridized carbons (Fsp3) is 0.333. The van der Waals surface area contributed by atoms with Crippen LogP contribution in [0.15, 0.2) is 35.2 Å². The van der Waals surface area contributed by atoms with Crippen molar-refractivity contribution in [1.29, 1.82) is 0 Å². The van der Waals surface area contributed by atoms with Crippen LogP contribution in [0.4, 0.5) is 0 Å². The maximum absolute atomic E-state index is 10.6. The Balaban J connectivity index is 0.000000322. The van der Waals surface area contributed by atoms with Crippen LogP contribution in [0.3, 0.4) is 0 Å². The van der Waals surface area contributed by atoms with E-state index in [2.05, 4.69) is 16.4 Å². The zero-order valence-electron chi connectivity index (χ0n) is 11.9. The topological polar surface area (TPSA) is 165 Å². The van der Waals surface area contributed by atoms with Crippen molar-refractivity contribution in [3.63, 3.8) is 0 Å². The average molecular weight is 332 g/mol. The molecule has 0 aliphatic carbocycles. The van der Waals surface area contributed by atoms with Gasteiger partial charge in [0.1, 0.15) is 0 Å². The van der Waals surface area contributed by atoms with Gasteiger partial charge in [-0.05, 0) is 12.1 Å². The fourth-order valence-electron chi connectivity index (χ4n) is 1.16. The summed E-state index contributed by atoms with van der Waals surface area (Å²) in [5.41, 5.74) is 4.57. The average Bonchev–Trinajstić information content (AvgIpc) is 2.49. The lowest BCUT2D eigenvalue weighted by atomic mass is 10.4. The highest BCUT2D eigenvalue weighted by Crippen LogP contribution is 2.02. The Bertz CT molecular complexity index is 554. The molecule has 1 aromatic carbocycles. The monoisotopic (exact) mass is 332 g/mol. The molecule has 1 heterocycles. The molecule has 2 rings (SSSR count). The summed E-state index contributed by atoms with van der Waals surface area (Å²) >= 11 is 0. The smallest absolute Gasteiger partial charge is 0.317 e. The second kappa shape index (κ2) is 10.7. The third-order valence-electron chi connectivity index (χ3n) is 2.16. The van der Waals surface area contributed by atoms with E-state index in [1.54, 1.807) is 18.2 Å². The number of primary sulfonamides is 1. The van der Waals surface area contributed by atoms with Crippen LogP contribution in [0.2, 0.25) is 0 Å². The molecule has 7 N–H and O–H groups in total. The Kier molecular flexibility index (Phi) is 9.70. The molecular weight excluding hydrogens is 312 g/mol. The van der Waals surface area contributed by atoms with Gasteiger partial charge in [0.05, 0.1) is 18.0 Å². The number of piperazine rings is 1. The van der Waals surface area contributed by atoms with E-state index >= 15 is 0 Å². The maximum Gasteiger partial charge on any atom is 0.317 e. The van der Waals surface area contributed by atoms with E-state index in [-0.39, 0.29) is 17.3 Å². The number of sulfonamides is 1. The van der Waals surface area contributed by atoms with Crippen LogP contribution < -0.4 is 21.5 Å². The third-order valence-corrected chi connectivity index (χ3v) is 3.09. The molecule has 0 atom stereocenters. The number of hydrogen-bond donors (Lipinski definition) is 5. The molecule has 1 fully saturated rings. The second-order valence-electron chi connectivity index (χ2n) is 3.98. The predicted molar refractivity (Wildman–Crippen MR) is 80.4 cm³/mol. The van der Waals surface area contributed by atoms with Gasteiger partial charge in [0.2, 0.25) is 15.9 Å². The zero-order chi connectivity index (χ0) is 17.0. The highest BCUT2D eigenvalue weighted by Gasteiger charge is 2.04. The number of nitrogens with one attached hydrogen (secondary N) is 2. The molecule has 0 radical (unpaired) electrons. The van der Waals surface area contributed by atoms with E-state index in [0.29, 0.717) is 6.54 Å². The van der Waals surface area contributed by atoms with Gasteiger partial charge in [0.15, 0.2) is 0 Å². The number of carboxylic acid groups (broad SMARTS) is 1. The lowest BCUT2D eigenvalue weighted by Gasteiger charge is -2.11. The predicted octanol–water partition coefficient (Wildman–Crippen LogP) is -1.93. The van der Waals surface area contributed by atoms with Crippen molar-refractivity contribution in [3.8, 4) is 0 Å². The lowest BCUT2D eigenvalue weighted by molar-refractivity contribution is -0.135. The normalized spacial score (nSPS) is 13.6. The lowest BCUT2D eigenvalue weighted by Crippen LogP contribution is -2.44. The number of hydrogen-bond acceptors (Lipinski definition) is 6. The fourth-order valence-corrected chi connectivity index (χ4v) is 1.70. The second-order valence-corrected chi connectivity index (χ2v) is 5.54. The van der Waals surface area contributed by atoms with E-state index in [1.165, 1.54) is 12.1 Å². The quantitative estimate of drug-likeness (QED) is 0.420. The molecule has 0 unspecified atom stereocenters. The summed E-state index contributed by atoms with van der Waals surface area (Å²) in [5, 5.41) is 18.0. The van der Waals surface area contributed by atoms with Crippen molar-refractivity contribution in [2.45, 2.75) is 4.90 Å². The van der Waals surface area contributed by atoms with E-state index in [1.807, 2.05) is 0 Å². The summed E-state index contributed by atoms with van der Waals surface area (Å²) < 4.78 is 21.2. The molecule has 0 aromatic heterocycles. The van der Waals surface area contributed by atoms with Crippen LogP contribution in [0.5, 0.6) is 0 Å². The number of rotatable bonds is 2. The maximum atomic E-state index is 10.6. The van der Waals surface area contributed by atoms with Gasteiger partial charge in [-0.1, -0.05) is 18.2 Å². The van der Waals surface area contributed by atoms with Crippen LogP contribution in [-0.2, 0) is 19.6 Å². The van der Waals surface area contributed by atoms with Gasteiger partial charge in [0, 0.05) is 13.1 Å². The Morgan fingerprint density at radius 2 is 1.77 bits per heavy atom. The molecule has 1 saturated heterocycles. The number of carbonyl (C=O) groups excluding carboxylic acids is 1. The molecule has 9 nitrogen and oxygen atoms in total. The van der Waals surface area contributed by atoms with Gasteiger partial charge in [-0.25, -0.2) is 13.6 Å². The van der Waals surface area contributed by atoms with Crippen molar-refractivity contribution < 1.29 is 23.1 Å². The van der Waals surface area contributed by atoms with Gasteiger partial charge < -0.3 is 21.5 Å². The molecule has 10 heteroatoms. The zero-order valence-corrected chi connectivity index (χ0v) is 12.7. The van der Waals surface area contributed by atoms with E-state index in [9.17, 15) is 18.0 Å². The minimum absolute atomic E-state index is 0.103. The van der Waals surface area contributed by atoms with Crippen molar-refractivity contribution in [3.05, 3.63) is 30.3 Å². The van der Waals surface area contributed by atoms with Crippen LogP contribution in [0.1, 0.15) is 0 Å².